The number of carbonyl (C=O) groups is 1. The van der Waals surface area contributed by atoms with E-state index in [0.717, 1.165) is 11.3 Å². The highest BCUT2D eigenvalue weighted by Gasteiger charge is 1.98. The second kappa shape index (κ2) is 8.32. The Morgan fingerprint density at radius 1 is 1.45 bits per heavy atom. The largest absolute Gasteiger partial charge is 0.481 e. The lowest BCUT2D eigenvalue weighted by molar-refractivity contribution is -0.135. The monoisotopic (exact) mass is 272 g/mol. The van der Waals surface area contributed by atoms with Crippen molar-refractivity contribution in [3.05, 3.63) is 35.9 Å². The third-order valence-corrected chi connectivity index (χ3v) is 2.27. The van der Waals surface area contributed by atoms with Crippen LogP contribution >= 0.6 is 0 Å². The number of nitrogens with one attached hydrogen (secondary N) is 2. The Hall–Kier alpha value is -2.81. The summed E-state index contributed by atoms with van der Waals surface area (Å²) in [6.07, 6.45) is 5.14. The van der Waals surface area contributed by atoms with Crippen molar-refractivity contribution in [1.82, 2.24) is 5.32 Å². The molecule has 0 saturated heterocycles. The third-order valence-electron chi connectivity index (χ3n) is 2.27. The Morgan fingerprint density at radius 2 is 2.15 bits per heavy atom. The molecule has 0 amide bonds. The highest BCUT2D eigenvalue weighted by Crippen LogP contribution is 2.11. The zero-order valence-electron chi connectivity index (χ0n) is 11.1. The Bertz CT molecular complexity index is 541. The van der Waals surface area contributed by atoms with E-state index in [9.17, 15) is 4.79 Å². The molecule has 6 heteroatoms. The predicted octanol–water partition coefficient (Wildman–Crippen LogP) is 2.03. The molecule has 0 atom stereocenters. The Labute approximate surface area is 117 Å². The van der Waals surface area contributed by atoms with Crippen molar-refractivity contribution in [2.45, 2.75) is 13.3 Å². The molecule has 1 rings (SSSR count). The summed E-state index contributed by atoms with van der Waals surface area (Å²) in [5.74, 6) is -0.466. The van der Waals surface area contributed by atoms with E-state index >= 15 is 0 Å². The number of aliphatic imine (C=N–C) groups is 1. The van der Waals surface area contributed by atoms with Gasteiger partial charge in [-0.1, -0.05) is 24.3 Å². The summed E-state index contributed by atoms with van der Waals surface area (Å²) in [7, 11) is 0. The molecule has 0 aliphatic heterocycles. The van der Waals surface area contributed by atoms with Gasteiger partial charge in [-0.25, -0.2) is 0 Å². The molecule has 0 aliphatic carbocycles. The summed E-state index contributed by atoms with van der Waals surface area (Å²) >= 11 is 0. The number of benzene rings is 1. The average Bonchev–Trinajstić information content (AvgIpc) is 2.41. The summed E-state index contributed by atoms with van der Waals surface area (Å²) in [6, 6.07) is 7.34. The van der Waals surface area contributed by atoms with Crippen LogP contribution in [-0.2, 0) is 4.79 Å². The van der Waals surface area contributed by atoms with Gasteiger partial charge in [0.15, 0.2) is 6.19 Å². The van der Waals surface area contributed by atoms with E-state index in [2.05, 4.69) is 15.6 Å². The number of hydrogen-bond donors (Lipinski definition) is 3. The maximum atomic E-state index is 10.4. The second-order valence-corrected chi connectivity index (χ2v) is 3.81. The highest BCUT2D eigenvalue weighted by atomic mass is 16.4. The molecule has 0 fully saturated rings. The second-order valence-electron chi connectivity index (χ2n) is 3.81. The molecule has 3 N–H and O–H groups in total. The van der Waals surface area contributed by atoms with Gasteiger partial charge in [-0.2, -0.15) is 5.26 Å². The summed E-state index contributed by atoms with van der Waals surface area (Å²) < 4.78 is 0. The average molecular weight is 272 g/mol. The molecular formula is C14H16N4O2. The van der Waals surface area contributed by atoms with Crippen LogP contribution in [-0.4, -0.2) is 23.6 Å². The summed E-state index contributed by atoms with van der Waals surface area (Å²) in [4.78, 5) is 14.5. The SMILES string of the molecule is CCN=C(NC#N)Nc1ccc(/C=C/CC(=O)O)cc1. The highest BCUT2D eigenvalue weighted by molar-refractivity contribution is 5.94. The van der Waals surface area contributed by atoms with Crippen molar-refractivity contribution in [2.24, 2.45) is 4.99 Å². The lowest BCUT2D eigenvalue weighted by Gasteiger charge is -2.07. The fourth-order valence-corrected chi connectivity index (χ4v) is 1.43. The van der Waals surface area contributed by atoms with Gasteiger partial charge in [0.05, 0.1) is 6.42 Å². The van der Waals surface area contributed by atoms with E-state index in [1.807, 2.05) is 37.4 Å². The molecule has 1 aromatic carbocycles. The fourth-order valence-electron chi connectivity index (χ4n) is 1.43. The van der Waals surface area contributed by atoms with Gasteiger partial charge in [0, 0.05) is 12.2 Å². The molecule has 0 saturated carbocycles. The molecule has 104 valence electrons. The van der Waals surface area contributed by atoms with Crippen LogP contribution in [0.5, 0.6) is 0 Å². The first-order valence-corrected chi connectivity index (χ1v) is 6.10. The normalized spacial score (nSPS) is 11.1. The molecule has 6 nitrogen and oxygen atoms in total. The first-order valence-electron chi connectivity index (χ1n) is 6.10. The minimum Gasteiger partial charge on any atom is -0.481 e. The van der Waals surface area contributed by atoms with Crippen LogP contribution < -0.4 is 10.6 Å². The number of nitrogens with zero attached hydrogens (tertiary/aromatic N) is 2. The lowest BCUT2D eigenvalue weighted by atomic mass is 10.2. The number of aliphatic carboxylic acids is 1. The number of rotatable bonds is 5. The van der Waals surface area contributed by atoms with Gasteiger partial charge in [0.1, 0.15) is 0 Å². The van der Waals surface area contributed by atoms with Crippen LogP contribution in [0, 0.1) is 11.5 Å². The molecule has 0 radical (unpaired) electrons. The zero-order valence-corrected chi connectivity index (χ0v) is 11.1. The topological polar surface area (TPSA) is 97.5 Å². The van der Waals surface area contributed by atoms with Crippen LogP contribution in [0.2, 0.25) is 0 Å². The minimum atomic E-state index is -0.859. The van der Waals surface area contributed by atoms with Crippen LogP contribution in [0.25, 0.3) is 6.08 Å². The molecule has 1 aromatic rings. The molecular weight excluding hydrogens is 256 g/mol. The first-order chi connectivity index (χ1) is 9.65. The number of hydrogen-bond acceptors (Lipinski definition) is 3. The molecule has 0 aliphatic rings. The van der Waals surface area contributed by atoms with E-state index in [0.29, 0.717) is 12.5 Å². The van der Waals surface area contributed by atoms with Gasteiger partial charge in [-0.15, -0.1) is 0 Å². The van der Waals surface area contributed by atoms with Gasteiger partial charge in [-0.3, -0.25) is 15.1 Å². The molecule has 20 heavy (non-hydrogen) atoms. The molecule has 0 aromatic heterocycles. The van der Waals surface area contributed by atoms with Crippen molar-refractivity contribution in [2.75, 3.05) is 11.9 Å². The van der Waals surface area contributed by atoms with E-state index in [4.69, 9.17) is 10.4 Å². The molecule has 0 unspecified atom stereocenters. The molecule has 0 heterocycles. The van der Waals surface area contributed by atoms with Crippen molar-refractivity contribution in [3.63, 3.8) is 0 Å². The number of nitriles is 1. The Kier molecular flexibility index (Phi) is 6.34. The van der Waals surface area contributed by atoms with Gasteiger partial charge in [-0.05, 0) is 24.6 Å². The van der Waals surface area contributed by atoms with Crippen LogP contribution in [0.3, 0.4) is 0 Å². The lowest BCUT2D eigenvalue weighted by Crippen LogP contribution is -2.26. The van der Waals surface area contributed by atoms with E-state index in [1.165, 1.54) is 0 Å². The predicted molar refractivity (Wildman–Crippen MR) is 78.1 cm³/mol. The zero-order chi connectivity index (χ0) is 14.8. The smallest absolute Gasteiger partial charge is 0.307 e. The fraction of sp³-hybridized carbons (Fsp3) is 0.214. The van der Waals surface area contributed by atoms with Gasteiger partial charge < -0.3 is 10.4 Å². The number of anilines is 1. The number of carboxylic acids is 1. The quantitative estimate of drug-likeness (QED) is 0.330. The van der Waals surface area contributed by atoms with Crippen LogP contribution in [0.4, 0.5) is 5.69 Å². The summed E-state index contributed by atoms with van der Waals surface area (Å²) in [6.45, 7) is 2.43. The van der Waals surface area contributed by atoms with Gasteiger partial charge >= 0.3 is 5.97 Å². The van der Waals surface area contributed by atoms with Crippen molar-refractivity contribution >= 4 is 23.7 Å². The Balaban J connectivity index is 2.66. The molecule has 0 spiro atoms. The third kappa shape index (κ3) is 5.69. The first kappa shape index (κ1) is 15.2. The van der Waals surface area contributed by atoms with Gasteiger partial charge in [0.2, 0.25) is 5.96 Å². The van der Waals surface area contributed by atoms with Crippen molar-refractivity contribution in [3.8, 4) is 6.19 Å². The standard InChI is InChI=1S/C14H16N4O2/c1-2-16-14(17-10-15)18-12-8-6-11(7-9-12)4-3-5-13(19)20/h3-4,6-9H,2,5H2,1H3,(H,19,20)(H2,16,17,18)/b4-3+. The van der Waals surface area contributed by atoms with Crippen molar-refractivity contribution in [1.29, 1.82) is 5.26 Å². The maximum absolute atomic E-state index is 10.4. The van der Waals surface area contributed by atoms with E-state index in [1.54, 1.807) is 12.2 Å². The van der Waals surface area contributed by atoms with Crippen molar-refractivity contribution < 1.29 is 9.90 Å². The maximum Gasteiger partial charge on any atom is 0.307 e. The Morgan fingerprint density at radius 3 is 2.70 bits per heavy atom. The number of carboxylic acid groups (broad SMARTS) is 1. The van der Waals surface area contributed by atoms with E-state index < -0.39 is 5.97 Å². The summed E-state index contributed by atoms with van der Waals surface area (Å²) in [5, 5.41) is 22.6. The van der Waals surface area contributed by atoms with E-state index in [-0.39, 0.29) is 6.42 Å². The molecule has 0 bridgehead atoms. The minimum absolute atomic E-state index is 0.000598. The number of guanidine groups is 1. The van der Waals surface area contributed by atoms with Crippen LogP contribution in [0.1, 0.15) is 18.9 Å². The summed E-state index contributed by atoms with van der Waals surface area (Å²) in [5.41, 5.74) is 1.69. The van der Waals surface area contributed by atoms with Crippen LogP contribution in [0.15, 0.2) is 35.3 Å². The van der Waals surface area contributed by atoms with Gasteiger partial charge in [0.25, 0.3) is 0 Å².